The van der Waals surface area contributed by atoms with Gasteiger partial charge in [-0.05, 0) is 0 Å². The number of halogens is 1. The summed E-state index contributed by atoms with van der Waals surface area (Å²) in [5.41, 5.74) is 6.33. The Bertz CT molecular complexity index is 387. The molecule has 6 heteroatoms. The SMILES string of the molecule is COC[C@@H]1COCCN1c1cc(N)c(Cl)cn1. The molecule has 1 aliphatic heterocycles. The molecule has 17 heavy (non-hydrogen) atoms. The van der Waals surface area contributed by atoms with E-state index >= 15 is 0 Å². The second-order valence-corrected chi connectivity index (χ2v) is 4.35. The Labute approximate surface area is 105 Å². The van der Waals surface area contributed by atoms with Crippen molar-refractivity contribution in [2.24, 2.45) is 0 Å². The number of ether oxygens (including phenoxy) is 2. The Morgan fingerprint density at radius 2 is 2.53 bits per heavy atom. The monoisotopic (exact) mass is 257 g/mol. The second-order valence-electron chi connectivity index (χ2n) is 3.94. The highest BCUT2D eigenvalue weighted by Crippen LogP contribution is 2.24. The normalized spacial score (nSPS) is 20.6. The number of rotatable bonds is 3. The van der Waals surface area contributed by atoms with Crippen molar-refractivity contribution < 1.29 is 9.47 Å². The summed E-state index contributed by atoms with van der Waals surface area (Å²) < 4.78 is 10.6. The van der Waals surface area contributed by atoms with Crippen molar-refractivity contribution in [1.29, 1.82) is 0 Å². The van der Waals surface area contributed by atoms with Gasteiger partial charge in [0.15, 0.2) is 0 Å². The average Bonchev–Trinajstić information content (AvgIpc) is 2.34. The largest absolute Gasteiger partial charge is 0.397 e. The number of hydrogen-bond donors (Lipinski definition) is 1. The van der Waals surface area contributed by atoms with Crippen molar-refractivity contribution in [3.63, 3.8) is 0 Å². The summed E-state index contributed by atoms with van der Waals surface area (Å²) in [6.07, 6.45) is 1.57. The van der Waals surface area contributed by atoms with E-state index in [2.05, 4.69) is 9.88 Å². The van der Waals surface area contributed by atoms with E-state index < -0.39 is 0 Å². The fourth-order valence-electron chi connectivity index (χ4n) is 1.89. The minimum Gasteiger partial charge on any atom is -0.397 e. The van der Waals surface area contributed by atoms with Gasteiger partial charge >= 0.3 is 0 Å². The predicted molar refractivity (Wildman–Crippen MR) is 67.5 cm³/mol. The van der Waals surface area contributed by atoms with E-state index in [4.69, 9.17) is 26.8 Å². The van der Waals surface area contributed by atoms with Crippen LogP contribution < -0.4 is 10.6 Å². The molecule has 2 heterocycles. The van der Waals surface area contributed by atoms with Crippen LogP contribution in [0.15, 0.2) is 12.3 Å². The third kappa shape index (κ3) is 2.80. The number of hydrogen-bond acceptors (Lipinski definition) is 5. The van der Waals surface area contributed by atoms with Gasteiger partial charge in [-0.15, -0.1) is 0 Å². The van der Waals surface area contributed by atoms with Gasteiger partial charge < -0.3 is 20.1 Å². The molecule has 0 amide bonds. The van der Waals surface area contributed by atoms with Crippen molar-refractivity contribution in [3.05, 3.63) is 17.3 Å². The fraction of sp³-hybridized carbons (Fsp3) is 0.545. The lowest BCUT2D eigenvalue weighted by Crippen LogP contribution is -2.48. The van der Waals surface area contributed by atoms with E-state index in [0.29, 0.717) is 30.5 Å². The quantitative estimate of drug-likeness (QED) is 0.881. The number of nitrogens with two attached hydrogens (primary N) is 1. The molecule has 2 N–H and O–H groups in total. The van der Waals surface area contributed by atoms with Crippen LogP contribution in [0.1, 0.15) is 0 Å². The van der Waals surface area contributed by atoms with E-state index in [1.165, 1.54) is 0 Å². The Hall–Kier alpha value is -1.04. The summed E-state index contributed by atoms with van der Waals surface area (Å²) in [6.45, 7) is 2.70. The number of anilines is 2. The zero-order valence-corrected chi connectivity index (χ0v) is 10.5. The first-order chi connectivity index (χ1) is 8.22. The molecule has 0 unspecified atom stereocenters. The van der Waals surface area contributed by atoms with Crippen LogP contribution in [-0.4, -0.2) is 44.5 Å². The van der Waals surface area contributed by atoms with Gasteiger partial charge in [0.2, 0.25) is 0 Å². The summed E-state index contributed by atoms with van der Waals surface area (Å²) in [5, 5.41) is 0.477. The Kier molecular flexibility index (Phi) is 4.04. The molecule has 1 fully saturated rings. The number of nitrogen functional groups attached to an aromatic ring is 1. The molecule has 1 aliphatic rings. The molecule has 1 aromatic heterocycles. The smallest absolute Gasteiger partial charge is 0.131 e. The van der Waals surface area contributed by atoms with Crippen LogP contribution in [0.4, 0.5) is 11.5 Å². The zero-order valence-electron chi connectivity index (χ0n) is 9.73. The fourth-order valence-corrected chi connectivity index (χ4v) is 1.99. The van der Waals surface area contributed by atoms with E-state index in [-0.39, 0.29) is 6.04 Å². The third-order valence-corrected chi connectivity index (χ3v) is 3.07. The Morgan fingerprint density at radius 1 is 1.71 bits per heavy atom. The Morgan fingerprint density at radius 3 is 3.24 bits per heavy atom. The van der Waals surface area contributed by atoms with Crippen molar-refractivity contribution in [2.45, 2.75) is 6.04 Å². The Balaban J connectivity index is 2.20. The summed E-state index contributed by atoms with van der Waals surface area (Å²) in [6, 6.07) is 1.96. The van der Waals surface area contributed by atoms with Crippen LogP contribution in [0.25, 0.3) is 0 Å². The molecule has 0 saturated carbocycles. The maximum Gasteiger partial charge on any atom is 0.131 e. The lowest BCUT2D eigenvalue weighted by atomic mass is 10.2. The van der Waals surface area contributed by atoms with Gasteiger partial charge in [0, 0.05) is 25.9 Å². The molecule has 0 aromatic carbocycles. The van der Waals surface area contributed by atoms with Gasteiger partial charge in [-0.2, -0.15) is 0 Å². The molecule has 1 aromatic rings. The highest BCUT2D eigenvalue weighted by Gasteiger charge is 2.24. The molecule has 1 atom stereocenters. The first kappa shape index (κ1) is 12.4. The van der Waals surface area contributed by atoms with E-state index in [1.807, 2.05) is 0 Å². The third-order valence-electron chi connectivity index (χ3n) is 2.75. The van der Waals surface area contributed by atoms with Gasteiger partial charge in [-0.3, -0.25) is 0 Å². The van der Waals surface area contributed by atoms with Crippen LogP contribution in [0.2, 0.25) is 5.02 Å². The molecule has 1 saturated heterocycles. The number of aromatic nitrogens is 1. The maximum absolute atomic E-state index is 5.86. The van der Waals surface area contributed by atoms with E-state index in [9.17, 15) is 0 Å². The van der Waals surface area contributed by atoms with Crippen molar-refractivity contribution in [3.8, 4) is 0 Å². The van der Waals surface area contributed by atoms with Crippen LogP contribution in [0, 0.1) is 0 Å². The summed E-state index contributed by atoms with van der Waals surface area (Å²) >= 11 is 5.86. The molecule has 0 spiro atoms. The number of pyridine rings is 1. The average molecular weight is 258 g/mol. The summed E-state index contributed by atoms with van der Waals surface area (Å²) in [7, 11) is 1.68. The van der Waals surface area contributed by atoms with Crippen LogP contribution in [-0.2, 0) is 9.47 Å². The lowest BCUT2D eigenvalue weighted by Gasteiger charge is -2.36. The van der Waals surface area contributed by atoms with Gasteiger partial charge in [0.05, 0.1) is 36.6 Å². The van der Waals surface area contributed by atoms with Crippen molar-refractivity contribution in [1.82, 2.24) is 4.98 Å². The van der Waals surface area contributed by atoms with Gasteiger partial charge in [0.25, 0.3) is 0 Å². The molecule has 2 rings (SSSR count). The minimum atomic E-state index is 0.168. The minimum absolute atomic E-state index is 0.168. The summed E-state index contributed by atoms with van der Waals surface area (Å²) in [4.78, 5) is 6.44. The standard InChI is InChI=1S/C11H16ClN3O2/c1-16-6-8-7-17-3-2-15(8)11-4-10(13)9(12)5-14-11/h4-5,8H,2-3,6-7H2,1H3,(H2,13,14)/t8-/m1/s1. The second kappa shape index (κ2) is 5.53. The first-order valence-corrected chi connectivity index (χ1v) is 5.84. The first-order valence-electron chi connectivity index (χ1n) is 5.46. The number of morpholine rings is 1. The van der Waals surface area contributed by atoms with E-state index in [0.717, 1.165) is 12.4 Å². The summed E-state index contributed by atoms with van der Waals surface area (Å²) in [5.74, 6) is 0.817. The topological polar surface area (TPSA) is 60.6 Å². The zero-order chi connectivity index (χ0) is 12.3. The highest BCUT2D eigenvalue weighted by atomic mass is 35.5. The van der Waals surface area contributed by atoms with Crippen LogP contribution in [0.3, 0.4) is 0 Å². The molecule has 94 valence electrons. The number of nitrogens with zero attached hydrogens (tertiary/aromatic N) is 2. The van der Waals surface area contributed by atoms with E-state index in [1.54, 1.807) is 19.4 Å². The predicted octanol–water partition coefficient (Wildman–Crippen LogP) is 1.17. The highest BCUT2D eigenvalue weighted by molar-refractivity contribution is 6.32. The lowest BCUT2D eigenvalue weighted by molar-refractivity contribution is 0.0598. The maximum atomic E-state index is 5.86. The van der Waals surface area contributed by atoms with Crippen LogP contribution >= 0.6 is 11.6 Å². The molecule has 5 nitrogen and oxygen atoms in total. The molecular weight excluding hydrogens is 242 g/mol. The molecule has 0 aliphatic carbocycles. The van der Waals surface area contributed by atoms with Crippen LogP contribution in [0.5, 0.6) is 0 Å². The van der Waals surface area contributed by atoms with Gasteiger partial charge in [-0.25, -0.2) is 4.98 Å². The molecule has 0 radical (unpaired) electrons. The molecule has 0 bridgehead atoms. The van der Waals surface area contributed by atoms with Gasteiger partial charge in [-0.1, -0.05) is 11.6 Å². The van der Waals surface area contributed by atoms with Crippen molar-refractivity contribution >= 4 is 23.1 Å². The number of methoxy groups -OCH3 is 1. The molecular formula is C11H16ClN3O2. The van der Waals surface area contributed by atoms with Crippen molar-refractivity contribution in [2.75, 3.05) is 44.1 Å². The van der Waals surface area contributed by atoms with Gasteiger partial charge in [0.1, 0.15) is 5.82 Å².